The number of fused-ring (bicyclic) bond motifs is 1. The molecular formula is C21H24N4O3. The summed E-state index contributed by atoms with van der Waals surface area (Å²) in [6, 6.07) is 7.62. The van der Waals surface area contributed by atoms with Crippen molar-refractivity contribution in [3.63, 3.8) is 0 Å². The molecular weight excluding hydrogens is 356 g/mol. The van der Waals surface area contributed by atoms with Gasteiger partial charge in [-0.3, -0.25) is 19.1 Å². The van der Waals surface area contributed by atoms with E-state index in [0.29, 0.717) is 24.3 Å². The van der Waals surface area contributed by atoms with Crippen LogP contribution >= 0.6 is 0 Å². The average Bonchev–Trinajstić information content (AvgIpc) is 2.66. The largest absolute Gasteiger partial charge is 0.337 e. The molecule has 3 rings (SSSR count). The van der Waals surface area contributed by atoms with Crippen molar-refractivity contribution in [3.8, 4) is 0 Å². The monoisotopic (exact) mass is 380 g/mol. The van der Waals surface area contributed by atoms with Crippen molar-refractivity contribution in [2.45, 2.75) is 40.3 Å². The Bertz CT molecular complexity index is 1160. The molecule has 3 aromatic rings. The standard InChI is InChI=1S/C21H24N4O3/c1-5-8-25-18-17(19(26)23-21(25)28)10-16(11-22-18)20(27)24(4)12-15-7-6-13(2)9-14(15)3/h6-7,9-11H,5,8,12H2,1-4H3,(H,23,26,28). The minimum absolute atomic E-state index is 0.234. The summed E-state index contributed by atoms with van der Waals surface area (Å²) in [6.45, 7) is 6.88. The zero-order chi connectivity index (χ0) is 20.4. The number of rotatable bonds is 5. The number of aryl methyl sites for hydroxylation is 3. The fourth-order valence-corrected chi connectivity index (χ4v) is 3.29. The Balaban J connectivity index is 1.95. The summed E-state index contributed by atoms with van der Waals surface area (Å²) in [4.78, 5) is 45.3. The van der Waals surface area contributed by atoms with E-state index in [1.54, 1.807) is 11.9 Å². The lowest BCUT2D eigenvalue weighted by Crippen LogP contribution is -2.31. The third-order valence-electron chi connectivity index (χ3n) is 4.78. The number of pyridine rings is 1. The first-order valence-corrected chi connectivity index (χ1v) is 9.26. The number of aromatic amines is 1. The molecule has 0 aliphatic heterocycles. The molecule has 0 radical (unpaired) electrons. The number of benzene rings is 1. The van der Waals surface area contributed by atoms with Gasteiger partial charge in [0, 0.05) is 26.3 Å². The van der Waals surface area contributed by atoms with Gasteiger partial charge in [-0.15, -0.1) is 0 Å². The van der Waals surface area contributed by atoms with Crippen LogP contribution in [0.15, 0.2) is 40.1 Å². The quantitative estimate of drug-likeness (QED) is 0.736. The molecule has 0 saturated heterocycles. The molecule has 0 fully saturated rings. The second-order valence-corrected chi connectivity index (χ2v) is 7.10. The first-order chi connectivity index (χ1) is 13.3. The zero-order valence-corrected chi connectivity index (χ0v) is 16.6. The van der Waals surface area contributed by atoms with E-state index in [2.05, 4.69) is 16.0 Å². The van der Waals surface area contributed by atoms with Gasteiger partial charge in [0.25, 0.3) is 11.5 Å². The number of hydrogen-bond donors (Lipinski definition) is 1. The third kappa shape index (κ3) is 3.74. The van der Waals surface area contributed by atoms with Gasteiger partial charge in [0.1, 0.15) is 5.65 Å². The summed E-state index contributed by atoms with van der Waals surface area (Å²) in [5.41, 5.74) is 2.94. The molecule has 1 aromatic carbocycles. The first-order valence-electron chi connectivity index (χ1n) is 9.26. The molecule has 1 amide bonds. The summed E-state index contributed by atoms with van der Waals surface area (Å²) in [5.74, 6) is -0.234. The predicted octanol–water partition coefficient (Wildman–Crippen LogP) is 2.38. The van der Waals surface area contributed by atoms with Crippen molar-refractivity contribution in [2.24, 2.45) is 0 Å². The predicted molar refractivity (Wildman–Crippen MR) is 109 cm³/mol. The van der Waals surface area contributed by atoms with Crippen LogP contribution in [-0.4, -0.2) is 32.4 Å². The molecule has 0 aliphatic carbocycles. The highest BCUT2D eigenvalue weighted by Gasteiger charge is 2.16. The number of amides is 1. The van der Waals surface area contributed by atoms with Gasteiger partial charge in [-0.1, -0.05) is 30.7 Å². The van der Waals surface area contributed by atoms with Crippen molar-refractivity contribution in [3.05, 3.63) is 73.6 Å². The number of nitrogens with one attached hydrogen (secondary N) is 1. The Hall–Kier alpha value is -3.22. The Labute approximate surface area is 162 Å². The van der Waals surface area contributed by atoms with Crippen LogP contribution in [-0.2, 0) is 13.1 Å². The van der Waals surface area contributed by atoms with Gasteiger partial charge in [-0.05, 0) is 37.5 Å². The van der Waals surface area contributed by atoms with Crippen LogP contribution < -0.4 is 11.2 Å². The number of hydrogen-bond acceptors (Lipinski definition) is 4. The van der Waals surface area contributed by atoms with Gasteiger partial charge < -0.3 is 4.90 Å². The lowest BCUT2D eigenvalue weighted by atomic mass is 10.1. The molecule has 0 atom stereocenters. The van der Waals surface area contributed by atoms with Crippen LogP contribution in [0.4, 0.5) is 0 Å². The number of carbonyl (C=O) groups excluding carboxylic acids is 1. The maximum Gasteiger partial charge on any atom is 0.329 e. The average molecular weight is 380 g/mol. The molecule has 146 valence electrons. The summed E-state index contributed by atoms with van der Waals surface area (Å²) >= 11 is 0. The lowest BCUT2D eigenvalue weighted by Gasteiger charge is -2.19. The molecule has 0 bridgehead atoms. The molecule has 2 aromatic heterocycles. The third-order valence-corrected chi connectivity index (χ3v) is 4.78. The Morgan fingerprint density at radius 3 is 2.64 bits per heavy atom. The maximum absolute atomic E-state index is 12.9. The molecule has 28 heavy (non-hydrogen) atoms. The minimum atomic E-state index is -0.536. The van der Waals surface area contributed by atoms with Crippen molar-refractivity contribution in [1.82, 2.24) is 19.4 Å². The SMILES string of the molecule is CCCn1c(=O)[nH]c(=O)c2cc(C(=O)N(C)Cc3ccc(C)cc3C)cnc21. The van der Waals surface area contributed by atoms with Crippen molar-refractivity contribution < 1.29 is 4.79 Å². The second kappa shape index (κ2) is 7.80. The summed E-state index contributed by atoms with van der Waals surface area (Å²) < 4.78 is 1.42. The smallest absolute Gasteiger partial charge is 0.329 e. The molecule has 7 nitrogen and oxygen atoms in total. The molecule has 0 aliphatic rings. The van der Waals surface area contributed by atoms with Crippen LogP contribution in [0.3, 0.4) is 0 Å². The molecule has 0 spiro atoms. The Morgan fingerprint density at radius 1 is 1.21 bits per heavy atom. The van der Waals surface area contributed by atoms with E-state index in [0.717, 1.165) is 17.5 Å². The topological polar surface area (TPSA) is 88.1 Å². The normalized spacial score (nSPS) is 11.0. The molecule has 2 heterocycles. The van der Waals surface area contributed by atoms with Gasteiger partial charge in [0.15, 0.2) is 0 Å². The molecule has 7 heteroatoms. The van der Waals surface area contributed by atoms with Gasteiger partial charge in [-0.2, -0.15) is 0 Å². The van der Waals surface area contributed by atoms with Crippen molar-refractivity contribution in [2.75, 3.05) is 7.05 Å². The van der Waals surface area contributed by atoms with E-state index in [9.17, 15) is 14.4 Å². The highest BCUT2D eigenvalue weighted by atomic mass is 16.2. The number of carbonyl (C=O) groups is 1. The molecule has 0 saturated carbocycles. The minimum Gasteiger partial charge on any atom is -0.337 e. The van der Waals surface area contributed by atoms with E-state index in [-0.39, 0.29) is 11.3 Å². The van der Waals surface area contributed by atoms with E-state index < -0.39 is 11.2 Å². The van der Waals surface area contributed by atoms with Crippen LogP contribution in [0, 0.1) is 13.8 Å². The Morgan fingerprint density at radius 2 is 1.96 bits per heavy atom. The molecule has 0 unspecified atom stereocenters. The fraction of sp³-hybridized carbons (Fsp3) is 0.333. The summed E-state index contributed by atoms with van der Waals surface area (Å²) in [5, 5.41) is 0.235. The van der Waals surface area contributed by atoms with E-state index in [4.69, 9.17) is 0 Å². The van der Waals surface area contributed by atoms with Gasteiger partial charge in [0.2, 0.25) is 0 Å². The van der Waals surface area contributed by atoms with Crippen molar-refractivity contribution in [1.29, 1.82) is 0 Å². The summed E-state index contributed by atoms with van der Waals surface area (Å²) in [7, 11) is 1.72. The first kappa shape index (κ1) is 19.5. The van der Waals surface area contributed by atoms with Crippen LogP contribution in [0.25, 0.3) is 11.0 Å². The van der Waals surface area contributed by atoms with E-state index >= 15 is 0 Å². The number of aromatic nitrogens is 3. The van der Waals surface area contributed by atoms with Gasteiger partial charge >= 0.3 is 5.69 Å². The van der Waals surface area contributed by atoms with Gasteiger partial charge in [-0.25, -0.2) is 9.78 Å². The van der Waals surface area contributed by atoms with Crippen molar-refractivity contribution >= 4 is 16.9 Å². The maximum atomic E-state index is 12.9. The van der Waals surface area contributed by atoms with Gasteiger partial charge in [0.05, 0.1) is 10.9 Å². The highest BCUT2D eigenvalue weighted by Crippen LogP contribution is 2.15. The Kier molecular flexibility index (Phi) is 5.44. The summed E-state index contributed by atoms with van der Waals surface area (Å²) in [6.07, 6.45) is 2.15. The van der Waals surface area contributed by atoms with Crippen LogP contribution in [0.5, 0.6) is 0 Å². The fourth-order valence-electron chi connectivity index (χ4n) is 3.29. The zero-order valence-electron chi connectivity index (χ0n) is 16.6. The molecule has 1 N–H and O–H groups in total. The van der Waals surface area contributed by atoms with Crippen LogP contribution in [0.2, 0.25) is 0 Å². The van der Waals surface area contributed by atoms with E-state index in [1.165, 1.54) is 22.4 Å². The number of H-pyrrole nitrogens is 1. The second-order valence-electron chi connectivity index (χ2n) is 7.10. The number of nitrogens with zero attached hydrogens (tertiary/aromatic N) is 3. The van der Waals surface area contributed by atoms with Crippen LogP contribution in [0.1, 0.15) is 40.4 Å². The highest BCUT2D eigenvalue weighted by molar-refractivity contribution is 5.96. The lowest BCUT2D eigenvalue weighted by molar-refractivity contribution is 0.0784. The van der Waals surface area contributed by atoms with E-state index in [1.807, 2.05) is 32.9 Å².